The number of rotatable bonds is 7. The summed E-state index contributed by atoms with van der Waals surface area (Å²) < 4.78 is 32.1. The lowest BCUT2D eigenvalue weighted by molar-refractivity contribution is 0.249. The average Bonchev–Trinajstić information content (AvgIpc) is 3.41. The van der Waals surface area contributed by atoms with Crippen LogP contribution in [0.2, 0.25) is 0 Å². The van der Waals surface area contributed by atoms with E-state index in [2.05, 4.69) is 45.9 Å². The minimum absolute atomic E-state index is 0.238. The van der Waals surface area contributed by atoms with E-state index in [1.807, 2.05) is 18.2 Å². The van der Waals surface area contributed by atoms with Crippen molar-refractivity contribution in [2.45, 2.75) is 55.1 Å². The van der Waals surface area contributed by atoms with E-state index in [9.17, 15) is 8.42 Å². The summed E-state index contributed by atoms with van der Waals surface area (Å²) in [5.74, 6) is 0.604. The van der Waals surface area contributed by atoms with E-state index in [-0.39, 0.29) is 4.90 Å². The first-order chi connectivity index (χ1) is 19.0. The molecule has 11 heteroatoms. The van der Waals surface area contributed by atoms with E-state index in [1.165, 1.54) is 0 Å². The third kappa shape index (κ3) is 5.25. The first-order valence-electron chi connectivity index (χ1n) is 13.9. The number of hydrogen-bond acceptors (Lipinski definition) is 10. The van der Waals surface area contributed by atoms with Gasteiger partial charge in [0.25, 0.3) is 0 Å². The lowest BCUT2D eigenvalue weighted by atomic mass is 10.0. The Labute approximate surface area is 237 Å². The van der Waals surface area contributed by atoms with Crippen LogP contribution in [0.15, 0.2) is 63.7 Å². The van der Waals surface area contributed by atoms with E-state index in [4.69, 9.17) is 15.5 Å². The van der Waals surface area contributed by atoms with Crippen molar-refractivity contribution in [2.24, 2.45) is 10.7 Å². The maximum absolute atomic E-state index is 13.1. The Kier molecular flexibility index (Phi) is 7.73. The third-order valence-corrected chi connectivity index (χ3v) is 10.3. The highest BCUT2D eigenvalue weighted by Crippen LogP contribution is 2.37. The smallest absolute Gasteiger partial charge is 0.216 e. The van der Waals surface area contributed by atoms with Crippen LogP contribution in [0.4, 0.5) is 11.4 Å². The Morgan fingerprint density at radius 1 is 1.18 bits per heavy atom. The van der Waals surface area contributed by atoms with Gasteiger partial charge in [0.15, 0.2) is 9.84 Å². The Bertz CT molecular complexity index is 1430. The molecule has 1 saturated heterocycles. The van der Waals surface area contributed by atoms with Crippen LogP contribution in [0.3, 0.4) is 0 Å². The van der Waals surface area contributed by atoms with Gasteiger partial charge in [-0.2, -0.15) is 0 Å². The van der Waals surface area contributed by atoms with Crippen LogP contribution in [-0.2, 0) is 15.6 Å². The van der Waals surface area contributed by atoms with Crippen LogP contribution in [0.5, 0.6) is 5.75 Å². The second kappa shape index (κ2) is 10.9. The maximum Gasteiger partial charge on any atom is 0.216 e. The number of piperidine rings is 1. The van der Waals surface area contributed by atoms with Crippen molar-refractivity contribution in [1.29, 1.82) is 0 Å². The number of nitrogens with one attached hydrogen (secondary N) is 3. The molecule has 10 nitrogen and oxygen atoms in total. The van der Waals surface area contributed by atoms with Gasteiger partial charge in [0.05, 0.1) is 28.5 Å². The number of hydrogen-bond donors (Lipinski definition) is 4. The van der Waals surface area contributed by atoms with Crippen LogP contribution in [-0.4, -0.2) is 71.3 Å². The number of para-hydroxylation sites is 1. The summed E-state index contributed by atoms with van der Waals surface area (Å²) >= 11 is 0. The van der Waals surface area contributed by atoms with Crippen molar-refractivity contribution in [3.05, 3.63) is 59.4 Å². The van der Waals surface area contributed by atoms with Crippen molar-refractivity contribution in [3.8, 4) is 5.75 Å². The summed E-state index contributed by atoms with van der Waals surface area (Å²) in [6.45, 7) is 6.03. The molecule has 2 aromatic rings. The quantitative estimate of drug-likeness (QED) is 0.400. The SMILES string of the molecule is COc1cc(N2CCC(N(C)C)CC2)ccc1C1(N)N=C(Nc2ccccc2S(=O)(=O)C(C)C)C2=C(NCC2)N1. The topological polar surface area (TPSA) is 124 Å². The Morgan fingerprint density at radius 3 is 2.58 bits per heavy atom. The zero-order valence-corrected chi connectivity index (χ0v) is 24.8. The van der Waals surface area contributed by atoms with Gasteiger partial charge in [-0.25, -0.2) is 13.4 Å². The number of methoxy groups -OCH3 is 1. The molecule has 0 amide bonds. The molecule has 216 valence electrons. The third-order valence-electron chi connectivity index (χ3n) is 8.09. The molecule has 0 saturated carbocycles. The number of nitrogens with two attached hydrogens (primary N) is 1. The molecule has 1 atom stereocenters. The molecule has 0 aliphatic carbocycles. The standard InChI is InChI=1S/C29H41N7O3S/c1-19(2)40(37,38)26-9-7-6-8-24(26)32-28-22-12-15-31-27(22)33-29(30,34-28)23-11-10-21(18-25(23)39-5)36-16-13-20(14-17-36)35(3)4/h6-11,18-20,31,33H,12-17,30H2,1-5H3,(H,32,34). The minimum Gasteiger partial charge on any atom is -0.496 e. The van der Waals surface area contributed by atoms with Gasteiger partial charge >= 0.3 is 0 Å². The van der Waals surface area contributed by atoms with Crippen LogP contribution in [0.25, 0.3) is 0 Å². The summed E-state index contributed by atoms with van der Waals surface area (Å²) in [6, 6.07) is 13.6. The lowest BCUT2D eigenvalue weighted by Gasteiger charge is -2.37. The second-order valence-electron chi connectivity index (χ2n) is 11.2. The van der Waals surface area contributed by atoms with Gasteiger partial charge in [-0.1, -0.05) is 12.1 Å². The molecule has 5 N–H and O–H groups in total. The fourth-order valence-corrected chi connectivity index (χ4v) is 6.83. The van der Waals surface area contributed by atoms with Gasteiger partial charge in [-0.3, -0.25) is 5.73 Å². The normalized spacial score (nSPS) is 21.7. The van der Waals surface area contributed by atoms with Crippen LogP contribution in [0.1, 0.15) is 38.7 Å². The van der Waals surface area contributed by atoms with Crippen LogP contribution >= 0.6 is 0 Å². The highest BCUT2D eigenvalue weighted by molar-refractivity contribution is 7.92. The molecule has 3 aliphatic rings. The van der Waals surface area contributed by atoms with E-state index in [0.717, 1.165) is 56.0 Å². The summed E-state index contributed by atoms with van der Waals surface area (Å²) in [7, 11) is 2.40. The molecular formula is C29H41N7O3S. The fourth-order valence-electron chi connectivity index (χ4n) is 5.63. The molecule has 3 aliphatic heterocycles. The molecule has 1 unspecified atom stereocenters. The number of amidine groups is 1. The molecule has 0 bridgehead atoms. The highest BCUT2D eigenvalue weighted by Gasteiger charge is 2.39. The molecule has 0 radical (unpaired) electrons. The molecule has 3 heterocycles. The van der Waals surface area contributed by atoms with Gasteiger partial charge in [0, 0.05) is 43.0 Å². The monoisotopic (exact) mass is 567 g/mol. The van der Waals surface area contributed by atoms with Gasteiger partial charge in [-0.05, 0) is 71.5 Å². The summed E-state index contributed by atoms with van der Waals surface area (Å²) in [6.07, 6.45) is 2.94. The molecule has 40 heavy (non-hydrogen) atoms. The highest BCUT2D eigenvalue weighted by atomic mass is 32.2. The minimum atomic E-state index is -3.52. The van der Waals surface area contributed by atoms with Gasteiger partial charge in [0.1, 0.15) is 17.4 Å². The first-order valence-corrected chi connectivity index (χ1v) is 15.4. The number of ether oxygens (including phenoxy) is 1. The largest absolute Gasteiger partial charge is 0.496 e. The van der Waals surface area contributed by atoms with Crippen molar-refractivity contribution < 1.29 is 13.2 Å². The molecule has 2 aromatic carbocycles. The number of anilines is 2. The van der Waals surface area contributed by atoms with Crippen LogP contribution < -0.4 is 31.3 Å². The van der Waals surface area contributed by atoms with E-state index in [0.29, 0.717) is 28.9 Å². The molecule has 5 rings (SSSR count). The van der Waals surface area contributed by atoms with Crippen molar-refractivity contribution in [2.75, 3.05) is 51.1 Å². The Hall–Kier alpha value is -3.28. The van der Waals surface area contributed by atoms with Crippen molar-refractivity contribution >= 4 is 27.0 Å². The number of aliphatic imine (C=N–C) groups is 1. The maximum atomic E-state index is 13.1. The Balaban J connectivity index is 1.49. The van der Waals surface area contributed by atoms with Gasteiger partial charge in [-0.15, -0.1) is 0 Å². The predicted octanol–water partition coefficient (Wildman–Crippen LogP) is 2.80. The van der Waals surface area contributed by atoms with Gasteiger partial charge in [0.2, 0.25) is 5.79 Å². The molecule has 0 spiro atoms. The summed E-state index contributed by atoms with van der Waals surface area (Å²) in [5.41, 5.74) is 10.2. The number of benzene rings is 2. The second-order valence-corrected chi connectivity index (χ2v) is 13.6. The number of nitrogens with zero attached hydrogens (tertiary/aromatic N) is 3. The van der Waals surface area contributed by atoms with E-state index < -0.39 is 20.9 Å². The Morgan fingerprint density at radius 2 is 1.90 bits per heavy atom. The number of sulfone groups is 1. The van der Waals surface area contributed by atoms with Crippen molar-refractivity contribution in [1.82, 2.24) is 15.5 Å². The van der Waals surface area contributed by atoms with E-state index in [1.54, 1.807) is 39.2 Å². The summed E-state index contributed by atoms with van der Waals surface area (Å²) in [5, 5.41) is 9.52. The zero-order chi connectivity index (χ0) is 28.7. The molecular weight excluding hydrogens is 526 g/mol. The lowest BCUT2D eigenvalue weighted by Crippen LogP contribution is -2.54. The summed E-state index contributed by atoms with van der Waals surface area (Å²) in [4.78, 5) is 9.87. The van der Waals surface area contributed by atoms with Crippen LogP contribution in [0, 0.1) is 0 Å². The average molecular weight is 568 g/mol. The first kappa shape index (κ1) is 28.3. The van der Waals surface area contributed by atoms with E-state index >= 15 is 0 Å². The predicted molar refractivity (Wildman–Crippen MR) is 160 cm³/mol. The zero-order valence-electron chi connectivity index (χ0n) is 24.0. The molecule has 0 aromatic heterocycles. The van der Waals surface area contributed by atoms with Crippen molar-refractivity contribution in [3.63, 3.8) is 0 Å². The molecule has 1 fully saturated rings. The van der Waals surface area contributed by atoms with Gasteiger partial charge < -0.3 is 30.5 Å². The fraction of sp³-hybridized carbons (Fsp3) is 0.483.